The average Bonchev–Trinajstić information content (AvgIpc) is 2.76. The summed E-state index contributed by atoms with van der Waals surface area (Å²) in [6, 6.07) is 10.8. The van der Waals surface area contributed by atoms with Crippen LogP contribution in [0.2, 0.25) is 0 Å². The number of esters is 1. The van der Waals surface area contributed by atoms with Crippen molar-refractivity contribution in [1.29, 1.82) is 0 Å². The summed E-state index contributed by atoms with van der Waals surface area (Å²) in [5.41, 5.74) is 2.59. The van der Waals surface area contributed by atoms with Crippen LogP contribution in [0.3, 0.4) is 0 Å². The minimum atomic E-state index is -0.584. The minimum Gasteiger partial charge on any atom is -0.492 e. The molecular formula is C22H22Br2N2O4S. The van der Waals surface area contributed by atoms with Gasteiger partial charge in [-0.15, -0.1) is 0 Å². The van der Waals surface area contributed by atoms with Gasteiger partial charge >= 0.3 is 5.97 Å². The summed E-state index contributed by atoms with van der Waals surface area (Å²) in [6.07, 6.45) is 0. The van der Waals surface area contributed by atoms with Crippen LogP contribution in [0.5, 0.6) is 11.5 Å². The van der Waals surface area contributed by atoms with Crippen LogP contribution in [0.1, 0.15) is 31.0 Å². The molecule has 0 radical (unpaired) electrons. The molecule has 0 amide bonds. The fraction of sp³-hybridized carbons (Fsp3) is 0.273. The number of hydrogen-bond donors (Lipinski definition) is 2. The van der Waals surface area contributed by atoms with E-state index >= 15 is 0 Å². The highest BCUT2D eigenvalue weighted by Crippen LogP contribution is 2.46. The lowest BCUT2D eigenvalue weighted by Crippen LogP contribution is -2.45. The SMILES string of the molecule is CCOC(=O)C1=C(c2ccccc2)NC(=S)N[C@@H]1c1cc(OCC)c(OC)c(Br)c1Br. The number of nitrogens with one attached hydrogen (secondary N) is 2. The van der Waals surface area contributed by atoms with E-state index in [0.29, 0.717) is 43.4 Å². The van der Waals surface area contributed by atoms with Gasteiger partial charge in [0, 0.05) is 4.47 Å². The fourth-order valence-electron chi connectivity index (χ4n) is 3.33. The number of carbonyl (C=O) groups is 1. The van der Waals surface area contributed by atoms with Crippen LogP contribution in [-0.2, 0) is 9.53 Å². The second-order valence-electron chi connectivity index (χ2n) is 6.46. The van der Waals surface area contributed by atoms with Crippen molar-refractivity contribution in [1.82, 2.24) is 10.6 Å². The normalized spacial score (nSPS) is 15.8. The molecule has 0 spiro atoms. The quantitative estimate of drug-likeness (QED) is 0.354. The van der Waals surface area contributed by atoms with Gasteiger partial charge in [-0.05, 0) is 75.1 Å². The molecule has 0 fully saturated rings. The van der Waals surface area contributed by atoms with E-state index in [4.69, 9.17) is 26.4 Å². The van der Waals surface area contributed by atoms with Crippen LogP contribution in [0.4, 0.5) is 0 Å². The van der Waals surface area contributed by atoms with Gasteiger partial charge in [0.1, 0.15) is 0 Å². The summed E-state index contributed by atoms with van der Waals surface area (Å²) in [5, 5.41) is 6.74. The summed E-state index contributed by atoms with van der Waals surface area (Å²) in [6.45, 7) is 4.37. The summed E-state index contributed by atoms with van der Waals surface area (Å²) >= 11 is 12.7. The standard InChI is InChI=1S/C22H22Br2N2O4S/c1-4-29-14-11-13(16(23)17(24)20(14)28-3)19-15(21(27)30-5-2)18(25-22(31)26-19)12-9-7-6-8-10-12/h6-11,19H,4-5H2,1-3H3,(H2,25,26,31)/t19-/m1/s1. The Balaban J connectivity index is 2.27. The van der Waals surface area contributed by atoms with Crippen molar-refractivity contribution in [3.8, 4) is 11.5 Å². The van der Waals surface area contributed by atoms with Crippen molar-refractivity contribution in [2.75, 3.05) is 20.3 Å². The summed E-state index contributed by atoms with van der Waals surface area (Å²) < 4.78 is 18.1. The molecule has 3 rings (SSSR count). The molecule has 0 bridgehead atoms. The minimum absolute atomic E-state index is 0.249. The number of methoxy groups -OCH3 is 1. The van der Waals surface area contributed by atoms with E-state index in [1.165, 1.54) is 0 Å². The van der Waals surface area contributed by atoms with Crippen LogP contribution in [-0.4, -0.2) is 31.4 Å². The molecule has 6 nitrogen and oxygen atoms in total. The number of hydrogen-bond acceptors (Lipinski definition) is 5. The molecule has 1 aliphatic rings. The highest BCUT2D eigenvalue weighted by molar-refractivity contribution is 9.13. The molecule has 0 aromatic heterocycles. The Morgan fingerprint density at radius 1 is 1.13 bits per heavy atom. The van der Waals surface area contributed by atoms with E-state index in [9.17, 15) is 4.79 Å². The maximum atomic E-state index is 13.1. The zero-order chi connectivity index (χ0) is 22.5. The Kier molecular flexibility index (Phi) is 7.96. The van der Waals surface area contributed by atoms with Gasteiger partial charge in [0.25, 0.3) is 0 Å². The Morgan fingerprint density at radius 2 is 1.84 bits per heavy atom. The van der Waals surface area contributed by atoms with Crippen molar-refractivity contribution in [2.45, 2.75) is 19.9 Å². The van der Waals surface area contributed by atoms with Gasteiger partial charge in [0.15, 0.2) is 16.6 Å². The van der Waals surface area contributed by atoms with E-state index < -0.39 is 12.0 Å². The first-order valence-corrected chi connectivity index (χ1v) is 11.6. The number of thiocarbonyl (C=S) groups is 1. The van der Waals surface area contributed by atoms with E-state index in [1.54, 1.807) is 14.0 Å². The Morgan fingerprint density at radius 3 is 2.45 bits per heavy atom. The van der Waals surface area contributed by atoms with Crippen LogP contribution in [0.25, 0.3) is 5.70 Å². The predicted octanol–water partition coefficient (Wildman–Crippen LogP) is 5.11. The number of carbonyl (C=O) groups excluding carboxylic acids is 1. The first kappa shape index (κ1) is 23.6. The van der Waals surface area contributed by atoms with Gasteiger partial charge in [-0.2, -0.15) is 0 Å². The van der Waals surface area contributed by atoms with Crippen molar-refractivity contribution in [2.24, 2.45) is 0 Å². The van der Waals surface area contributed by atoms with E-state index in [0.717, 1.165) is 11.1 Å². The van der Waals surface area contributed by atoms with Crippen molar-refractivity contribution < 1.29 is 19.0 Å². The Labute approximate surface area is 203 Å². The third kappa shape index (κ3) is 4.88. The molecule has 1 heterocycles. The van der Waals surface area contributed by atoms with Crippen molar-refractivity contribution in [3.63, 3.8) is 0 Å². The van der Waals surface area contributed by atoms with E-state index in [1.807, 2.05) is 43.3 Å². The largest absolute Gasteiger partial charge is 0.492 e. The fourth-order valence-corrected chi connectivity index (χ4v) is 4.66. The highest BCUT2D eigenvalue weighted by atomic mass is 79.9. The first-order chi connectivity index (χ1) is 14.9. The highest BCUT2D eigenvalue weighted by Gasteiger charge is 2.35. The molecule has 164 valence electrons. The maximum Gasteiger partial charge on any atom is 0.338 e. The molecule has 0 saturated heterocycles. The summed E-state index contributed by atoms with van der Waals surface area (Å²) in [4.78, 5) is 13.1. The lowest BCUT2D eigenvalue weighted by molar-refractivity contribution is -0.138. The molecule has 0 unspecified atom stereocenters. The molecule has 9 heteroatoms. The van der Waals surface area contributed by atoms with Gasteiger partial charge in [-0.1, -0.05) is 30.3 Å². The smallest absolute Gasteiger partial charge is 0.338 e. The second-order valence-corrected chi connectivity index (χ2v) is 8.46. The molecule has 2 aromatic carbocycles. The van der Waals surface area contributed by atoms with Crippen LogP contribution < -0.4 is 20.1 Å². The number of rotatable bonds is 7. The van der Waals surface area contributed by atoms with E-state index in [-0.39, 0.29) is 6.61 Å². The van der Waals surface area contributed by atoms with Crippen molar-refractivity contribution >= 4 is 60.9 Å². The van der Waals surface area contributed by atoms with Gasteiger partial charge < -0.3 is 24.8 Å². The summed E-state index contributed by atoms with van der Waals surface area (Å²) in [7, 11) is 1.57. The molecule has 2 aromatic rings. The topological polar surface area (TPSA) is 68.8 Å². The summed E-state index contributed by atoms with van der Waals surface area (Å²) in [5.74, 6) is 0.662. The molecular weight excluding hydrogens is 548 g/mol. The van der Waals surface area contributed by atoms with Crippen LogP contribution in [0.15, 0.2) is 50.9 Å². The molecule has 31 heavy (non-hydrogen) atoms. The van der Waals surface area contributed by atoms with Gasteiger partial charge in [-0.3, -0.25) is 0 Å². The lowest BCUT2D eigenvalue weighted by Gasteiger charge is -2.32. The Bertz CT molecular complexity index is 1030. The van der Waals surface area contributed by atoms with Gasteiger partial charge in [0.05, 0.1) is 42.1 Å². The van der Waals surface area contributed by atoms with Crippen LogP contribution in [0, 0.1) is 0 Å². The number of benzene rings is 2. The number of ether oxygens (including phenoxy) is 3. The predicted molar refractivity (Wildman–Crippen MR) is 131 cm³/mol. The third-order valence-electron chi connectivity index (χ3n) is 4.60. The van der Waals surface area contributed by atoms with Crippen molar-refractivity contribution in [3.05, 3.63) is 62.0 Å². The molecule has 0 saturated carbocycles. The number of halogens is 2. The average molecular weight is 570 g/mol. The molecule has 2 N–H and O–H groups in total. The Hall–Kier alpha value is -2.10. The van der Waals surface area contributed by atoms with E-state index in [2.05, 4.69) is 42.5 Å². The van der Waals surface area contributed by atoms with Gasteiger partial charge in [0.2, 0.25) is 0 Å². The third-order valence-corrected chi connectivity index (χ3v) is 6.96. The first-order valence-electron chi connectivity index (χ1n) is 9.65. The zero-order valence-corrected chi connectivity index (χ0v) is 21.2. The van der Waals surface area contributed by atoms with Gasteiger partial charge in [-0.25, -0.2) is 4.79 Å². The maximum absolute atomic E-state index is 13.1. The molecule has 1 aliphatic heterocycles. The molecule has 1 atom stereocenters. The second kappa shape index (κ2) is 10.5. The molecule has 0 aliphatic carbocycles. The lowest BCUT2D eigenvalue weighted by atomic mass is 9.92. The monoisotopic (exact) mass is 568 g/mol. The van der Waals surface area contributed by atoms with Crippen LogP contribution >= 0.6 is 44.1 Å². The zero-order valence-electron chi connectivity index (χ0n) is 17.3.